The second kappa shape index (κ2) is 15.1. The molecule has 0 aliphatic carbocycles. The van der Waals surface area contributed by atoms with E-state index in [2.05, 4.69) is 31.0 Å². The molecule has 0 saturated carbocycles. The van der Waals surface area contributed by atoms with Crippen molar-refractivity contribution in [3.05, 3.63) is 70.8 Å². The highest BCUT2D eigenvalue weighted by Crippen LogP contribution is 2.15. The lowest BCUT2D eigenvalue weighted by atomic mass is 10.0. The number of ether oxygens (including phenoxy) is 2. The van der Waals surface area contributed by atoms with E-state index in [-0.39, 0.29) is 30.8 Å². The lowest BCUT2D eigenvalue weighted by molar-refractivity contribution is -0.154. The molecular weight excluding hydrogens is 490 g/mol. The highest BCUT2D eigenvalue weighted by molar-refractivity contribution is 5.94. The molecule has 0 spiro atoms. The number of carbonyl (C=O) groups excluding carboxylic acids is 3. The van der Waals surface area contributed by atoms with E-state index in [0.29, 0.717) is 23.0 Å². The maximum Gasteiger partial charge on any atom is 0.338 e. The van der Waals surface area contributed by atoms with E-state index >= 15 is 0 Å². The van der Waals surface area contributed by atoms with Crippen molar-refractivity contribution in [3.8, 4) is 11.8 Å². The fraction of sp³-hybridized carbons (Fsp3) is 0.485. The second-order valence-corrected chi connectivity index (χ2v) is 11.9. The molecule has 6 nitrogen and oxygen atoms in total. The average molecular weight is 536 g/mol. The molecule has 0 radical (unpaired) electrons. The van der Waals surface area contributed by atoms with Crippen LogP contribution < -0.4 is 5.32 Å². The van der Waals surface area contributed by atoms with Gasteiger partial charge in [-0.2, -0.15) is 0 Å². The number of nitrogens with one attached hydrogen (secondary N) is 1. The summed E-state index contributed by atoms with van der Waals surface area (Å²) in [6, 6.07) is 14.7. The van der Waals surface area contributed by atoms with E-state index in [1.165, 1.54) is 5.56 Å². The molecule has 0 fully saturated rings. The van der Waals surface area contributed by atoms with Crippen LogP contribution >= 0.6 is 0 Å². The number of amides is 1. The summed E-state index contributed by atoms with van der Waals surface area (Å²) in [6.07, 6.45) is 0.174. The summed E-state index contributed by atoms with van der Waals surface area (Å²) >= 11 is 0. The van der Waals surface area contributed by atoms with Crippen molar-refractivity contribution >= 4 is 17.8 Å². The smallest absolute Gasteiger partial charge is 0.338 e. The third kappa shape index (κ3) is 14.8. The van der Waals surface area contributed by atoms with Crippen molar-refractivity contribution in [2.24, 2.45) is 5.92 Å². The third-order valence-electron chi connectivity index (χ3n) is 4.90. The van der Waals surface area contributed by atoms with Gasteiger partial charge in [-0.05, 0) is 89.4 Å². The summed E-state index contributed by atoms with van der Waals surface area (Å²) in [7, 11) is 0. The molecule has 0 bridgehead atoms. The van der Waals surface area contributed by atoms with Crippen molar-refractivity contribution < 1.29 is 23.9 Å². The molecule has 0 heterocycles. The molecule has 0 saturated heterocycles. The van der Waals surface area contributed by atoms with E-state index < -0.39 is 11.2 Å². The van der Waals surface area contributed by atoms with Crippen LogP contribution in [0.25, 0.3) is 0 Å². The maximum absolute atomic E-state index is 11.9. The van der Waals surface area contributed by atoms with E-state index in [4.69, 9.17) is 9.47 Å². The van der Waals surface area contributed by atoms with Crippen LogP contribution in [0.15, 0.2) is 48.5 Å². The Morgan fingerprint density at radius 3 is 1.74 bits per heavy atom. The normalized spacial score (nSPS) is 11.1. The predicted octanol–water partition coefficient (Wildman–Crippen LogP) is 6.92. The van der Waals surface area contributed by atoms with E-state index in [1.807, 2.05) is 79.7 Å². The molecule has 0 aliphatic rings. The first-order chi connectivity index (χ1) is 18.0. The SMILES string of the molecule is CC(C)C#Cc1ccc(C(=O)OC(C)(C)C)cc1.CC(C)c1ccc(C(=O)NCCC(=O)OC(C)(C)C)cc1. The first-order valence-corrected chi connectivity index (χ1v) is 13.4. The standard InChI is InChI=1S/C17H25NO3.C16H20O2/c1-12(2)13-6-8-14(9-7-13)16(20)18-11-10-15(19)21-17(3,4)5;1-12(2)6-7-13-8-10-14(11-9-13)15(17)18-16(3,4)5/h6-9,12H,10-11H2,1-5H3,(H,18,20);8-12H,1-5H3. The van der Waals surface area contributed by atoms with Crippen LogP contribution in [0.2, 0.25) is 0 Å². The molecule has 0 unspecified atom stereocenters. The molecule has 0 aliphatic heterocycles. The molecule has 2 aromatic carbocycles. The van der Waals surface area contributed by atoms with Gasteiger partial charge < -0.3 is 14.8 Å². The summed E-state index contributed by atoms with van der Waals surface area (Å²) in [5, 5.41) is 2.72. The number of carbonyl (C=O) groups is 3. The molecule has 1 N–H and O–H groups in total. The first kappa shape index (κ1) is 33.4. The molecule has 1 amide bonds. The Labute approximate surface area is 234 Å². The van der Waals surface area contributed by atoms with E-state index in [1.54, 1.807) is 24.3 Å². The Balaban J connectivity index is 0.000000395. The Morgan fingerprint density at radius 2 is 1.28 bits per heavy atom. The summed E-state index contributed by atoms with van der Waals surface area (Å²) in [5.41, 5.74) is 2.31. The first-order valence-electron chi connectivity index (χ1n) is 13.4. The van der Waals surface area contributed by atoms with Crippen molar-refractivity contribution in [2.45, 2.75) is 92.8 Å². The fourth-order valence-corrected chi connectivity index (χ4v) is 3.05. The lowest BCUT2D eigenvalue weighted by Crippen LogP contribution is -2.29. The van der Waals surface area contributed by atoms with Gasteiger partial charge in [0.2, 0.25) is 0 Å². The molecular formula is C33H45NO5. The lowest BCUT2D eigenvalue weighted by Gasteiger charge is -2.19. The van der Waals surface area contributed by atoms with Crippen LogP contribution in [-0.4, -0.2) is 35.6 Å². The average Bonchev–Trinajstić information content (AvgIpc) is 2.81. The fourth-order valence-electron chi connectivity index (χ4n) is 3.05. The number of esters is 2. The van der Waals surface area contributed by atoms with E-state index in [0.717, 1.165) is 5.56 Å². The van der Waals surface area contributed by atoms with Gasteiger partial charge in [0.25, 0.3) is 5.91 Å². The second-order valence-electron chi connectivity index (χ2n) is 11.9. The number of benzene rings is 2. The zero-order valence-corrected chi connectivity index (χ0v) is 25.2. The van der Waals surface area contributed by atoms with Gasteiger partial charge in [0.1, 0.15) is 11.2 Å². The monoisotopic (exact) mass is 535 g/mol. The van der Waals surface area contributed by atoms with Crippen molar-refractivity contribution in [1.29, 1.82) is 0 Å². The van der Waals surface area contributed by atoms with Crippen molar-refractivity contribution in [1.82, 2.24) is 5.32 Å². The maximum atomic E-state index is 11.9. The van der Waals surface area contributed by atoms with Crippen LogP contribution in [0, 0.1) is 17.8 Å². The molecule has 39 heavy (non-hydrogen) atoms. The van der Waals surface area contributed by atoms with Gasteiger partial charge in [0.05, 0.1) is 12.0 Å². The van der Waals surface area contributed by atoms with Crippen LogP contribution in [0.3, 0.4) is 0 Å². The van der Waals surface area contributed by atoms with Crippen LogP contribution in [0.4, 0.5) is 0 Å². The number of rotatable bonds is 6. The zero-order chi connectivity index (χ0) is 29.8. The molecule has 2 aromatic rings. The van der Waals surface area contributed by atoms with Gasteiger partial charge in [-0.25, -0.2) is 4.79 Å². The summed E-state index contributed by atoms with van der Waals surface area (Å²) in [5.74, 6) is 6.14. The number of hydrogen-bond donors (Lipinski definition) is 1. The van der Waals surface area contributed by atoms with Gasteiger partial charge in [0, 0.05) is 23.6 Å². The molecule has 2 rings (SSSR count). The van der Waals surface area contributed by atoms with E-state index in [9.17, 15) is 14.4 Å². The van der Waals surface area contributed by atoms with Crippen LogP contribution in [0.1, 0.15) is 113 Å². The summed E-state index contributed by atoms with van der Waals surface area (Å²) in [4.78, 5) is 35.2. The van der Waals surface area contributed by atoms with Gasteiger partial charge in [-0.1, -0.05) is 51.7 Å². The van der Waals surface area contributed by atoms with Crippen molar-refractivity contribution in [3.63, 3.8) is 0 Å². The summed E-state index contributed by atoms with van der Waals surface area (Å²) in [6.45, 7) is 19.6. The van der Waals surface area contributed by atoms with Gasteiger partial charge in [-0.3, -0.25) is 9.59 Å². The van der Waals surface area contributed by atoms with Crippen LogP contribution in [-0.2, 0) is 14.3 Å². The van der Waals surface area contributed by atoms with Gasteiger partial charge in [0.15, 0.2) is 0 Å². The molecule has 212 valence electrons. The third-order valence-corrected chi connectivity index (χ3v) is 4.90. The Hall–Kier alpha value is -3.59. The highest BCUT2D eigenvalue weighted by Gasteiger charge is 2.18. The minimum absolute atomic E-state index is 0.172. The van der Waals surface area contributed by atoms with Gasteiger partial charge in [-0.15, -0.1) is 0 Å². The van der Waals surface area contributed by atoms with Crippen LogP contribution in [0.5, 0.6) is 0 Å². The minimum atomic E-state index is -0.492. The minimum Gasteiger partial charge on any atom is -0.460 e. The largest absolute Gasteiger partial charge is 0.460 e. The highest BCUT2D eigenvalue weighted by atomic mass is 16.6. The topological polar surface area (TPSA) is 81.7 Å². The number of hydrogen-bond acceptors (Lipinski definition) is 5. The quantitative estimate of drug-likeness (QED) is 0.321. The molecule has 6 heteroatoms. The van der Waals surface area contributed by atoms with Gasteiger partial charge >= 0.3 is 11.9 Å². The zero-order valence-electron chi connectivity index (χ0n) is 25.2. The Bertz CT molecular complexity index is 1140. The Kier molecular flexibility index (Phi) is 13.0. The predicted molar refractivity (Wildman–Crippen MR) is 157 cm³/mol. The summed E-state index contributed by atoms with van der Waals surface area (Å²) < 4.78 is 10.5. The Morgan fingerprint density at radius 1 is 0.769 bits per heavy atom. The molecule has 0 aromatic heterocycles. The van der Waals surface area contributed by atoms with Crippen molar-refractivity contribution in [2.75, 3.05) is 6.54 Å². The molecule has 0 atom stereocenters.